The summed E-state index contributed by atoms with van der Waals surface area (Å²) in [6, 6.07) is 0. The van der Waals surface area contributed by atoms with E-state index in [1.54, 1.807) is 4.90 Å². The summed E-state index contributed by atoms with van der Waals surface area (Å²) in [7, 11) is 3.63. The Bertz CT molecular complexity index is 150. The number of hydrogen-bond acceptors (Lipinski definition) is 1. The maximum Gasteiger partial charge on any atom is 0.227 e. The Hall–Kier alpha value is -0.530. The molecule has 0 aliphatic rings. The second kappa shape index (κ2) is 4.48. The first-order chi connectivity index (χ1) is 5.41. The molecule has 0 bridgehead atoms. The Balaban J connectivity index is 4.09. The molecule has 0 rings (SSSR count). The monoisotopic (exact) mass is 171 g/mol. The fourth-order valence-electron chi connectivity index (χ4n) is 1.33. The Morgan fingerprint density at radius 1 is 1.33 bits per heavy atom. The van der Waals surface area contributed by atoms with Crippen LogP contribution in [0.4, 0.5) is 0 Å². The molecular formula is C10H21NO. The summed E-state index contributed by atoms with van der Waals surface area (Å²) in [5.41, 5.74) is -0.181. The van der Waals surface area contributed by atoms with Crippen molar-refractivity contribution < 1.29 is 4.79 Å². The van der Waals surface area contributed by atoms with Crippen LogP contribution in [0.1, 0.15) is 40.0 Å². The zero-order valence-electron chi connectivity index (χ0n) is 8.98. The molecule has 0 spiro atoms. The van der Waals surface area contributed by atoms with Gasteiger partial charge in [-0.1, -0.05) is 33.6 Å². The van der Waals surface area contributed by atoms with Crippen LogP contribution in [0, 0.1) is 5.41 Å². The number of nitrogens with zero attached hydrogens (tertiary/aromatic N) is 1. The standard InChI is InChI=1S/C10H21NO/c1-6-7-8-10(2,3)9(12)11(4)5/h6-8H2,1-5H3. The summed E-state index contributed by atoms with van der Waals surface area (Å²) in [5, 5.41) is 0. The van der Waals surface area contributed by atoms with Crippen LogP contribution < -0.4 is 0 Å². The lowest BCUT2D eigenvalue weighted by molar-refractivity contribution is -0.138. The van der Waals surface area contributed by atoms with Crippen molar-refractivity contribution >= 4 is 5.91 Å². The third-order valence-electron chi connectivity index (χ3n) is 2.14. The highest BCUT2D eigenvalue weighted by Crippen LogP contribution is 2.24. The molecule has 2 nitrogen and oxygen atoms in total. The number of hydrogen-bond donors (Lipinski definition) is 0. The minimum Gasteiger partial charge on any atom is -0.348 e. The molecular weight excluding hydrogens is 150 g/mol. The van der Waals surface area contributed by atoms with Crippen LogP contribution in [-0.2, 0) is 4.79 Å². The summed E-state index contributed by atoms with van der Waals surface area (Å²) >= 11 is 0. The first-order valence-corrected chi connectivity index (χ1v) is 4.63. The Morgan fingerprint density at radius 3 is 2.17 bits per heavy atom. The first kappa shape index (κ1) is 11.5. The van der Waals surface area contributed by atoms with E-state index in [2.05, 4.69) is 6.92 Å². The normalized spacial score (nSPS) is 11.4. The zero-order chi connectivity index (χ0) is 9.78. The molecule has 0 unspecified atom stereocenters. The third-order valence-corrected chi connectivity index (χ3v) is 2.14. The van der Waals surface area contributed by atoms with Crippen molar-refractivity contribution in [3.05, 3.63) is 0 Å². The van der Waals surface area contributed by atoms with Crippen molar-refractivity contribution in [2.24, 2.45) is 5.41 Å². The molecule has 0 fully saturated rings. The van der Waals surface area contributed by atoms with Gasteiger partial charge in [0.05, 0.1) is 0 Å². The van der Waals surface area contributed by atoms with Gasteiger partial charge in [-0.2, -0.15) is 0 Å². The minimum absolute atomic E-state index is 0.181. The van der Waals surface area contributed by atoms with E-state index < -0.39 is 0 Å². The summed E-state index contributed by atoms with van der Waals surface area (Å²) in [5.74, 6) is 0.232. The van der Waals surface area contributed by atoms with Crippen molar-refractivity contribution in [1.82, 2.24) is 4.90 Å². The van der Waals surface area contributed by atoms with Crippen molar-refractivity contribution in [3.8, 4) is 0 Å². The molecule has 0 atom stereocenters. The van der Waals surface area contributed by atoms with E-state index in [0.29, 0.717) is 0 Å². The van der Waals surface area contributed by atoms with Gasteiger partial charge in [0.15, 0.2) is 0 Å². The van der Waals surface area contributed by atoms with Gasteiger partial charge in [0.2, 0.25) is 5.91 Å². The molecule has 72 valence electrons. The van der Waals surface area contributed by atoms with Gasteiger partial charge in [0.25, 0.3) is 0 Å². The van der Waals surface area contributed by atoms with E-state index in [4.69, 9.17) is 0 Å². The summed E-state index contributed by atoms with van der Waals surface area (Å²) in [6.45, 7) is 6.19. The summed E-state index contributed by atoms with van der Waals surface area (Å²) in [4.78, 5) is 13.3. The molecule has 0 aliphatic carbocycles. The van der Waals surface area contributed by atoms with Crippen molar-refractivity contribution in [1.29, 1.82) is 0 Å². The predicted octanol–water partition coefficient (Wildman–Crippen LogP) is 2.29. The molecule has 0 aromatic carbocycles. The maximum absolute atomic E-state index is 11.6. The largest absolute Gasteiger partial charge is 0.348 e. The summed E-state index contributed by atoms with van der Waals surface area (Å²) < 4.78 is 0. The van der Waals surface area contributed by atoms with Crippen LogP contribution >= 0.6 is 0 Å². The van der Waals surface area contributed by atoms with E-state index in [1.165, 1.54) is 0 Å². The SMILES string of the molecule is CCCCC(C)(C)C(=O)N(C)C. The van der Waals surface area contributed by atoms with Crippen LogP contribution in [0.2, 0.25) is 0 Å². The molecule has 0 N–H and O–H groups in total. The van der Waals surface area contributed by atoms with E-state index in [0.717, 1.165) is 19.3 Å². The molecule has 2 heteroatoms. The molecule has 0 radical (unpaired) electrons. The molecule has 0 heterocycles. The molecule has 0 saturated heterocycles. The van der Waals surface area contributed by atoms with Gasteiger partial charge in [-0.05, 0) is 6.42 Å². The van der Waals surface area contributed by atoms with E-state index >= 15 is 0 Å². The number of rotatable bonds is 4. The van der Waals surface area contributed by atoms with Crippen LogP contribution in [0.25, 0.3) is 0 Å². The Kier molecular flexibility index (Phi) is 4.29. The van der Waals surface area contributed by atoms with Gasteiger partial charge < -0.3 is 4.90 Å². The van der Waals surface area contributed by atoms with Crippen LogP contribution in [0.15, 0.2) is 0 Å². The van der Waals surface area contributed by atoms with Crippen molar-refractivity contribution in [2.45, 2.75) is 40.0 Å². The molecule has 0 aromatic heterocycles. The van der Waals surface area contributed by atoms with Crippen LogP contribution in [0.3, 0.4) is 0 Å². The maximum atomic E-state index is 11.6. The van der Waals surface area contributed by atoms with Gasteiger partial charge >= 0.3 is 0 Å². The van der Waals surface area contributed by atoms with Gasteiger partial charge in [-0.3, -0.25) is 4.79 Å². The van der Waals surface area contributed by atoms with E-state index in [1.807, 2.05) is 27.9 Å². The second-order valence-corrected chi connectivity index (χ2v) is 4.19. The first-order valence-electron chi connectivity index (χ1n) is 4.63. The van der Waals surface area contributed by atoms with Crippen LogP contribution in [0.5, 0.6) is 0 Å². The highest BCUT2D eigenvalue weighted by atomic mass is 16.2. The van der Waals surface area contributed by atoms with Crippen LogP contribution in [-0.4, -0.2) is 24.9 Å². The quantitative estimate of drug-likeness (QED) is 0.635. The average Bonchev–Trinajstić information content (AvgIpc) is 1.99. The average molecular weight is 171 g/mol. The topological polar surface area (TPSA) is 20.3 Å². The molecule has 0 aliphatic heterocycles. The second-order valence-electron chi connectivity index (χ2n) is 4.19. The van der Waals surface area contributed by atoms with Crippen molar-refractivity contribution in [3.63, 3.8) is 0 Å². The molecule has 0 aromatic rings. The third kappa shape index (κ3) is 3.24. The van der Waals surface area contributed by atoms with Gasteiger partial charge in [-0.15, -0.1) is 0 Å². The van der Waals surface area contributed by atoms with Crippen molar-refractivity contribution in [2.75, 3.05) is 14.1 Å². The number of unbranched alkanes of at least 4 members (excludes halogenated alkanes) is 1. The number of carbonyl (C=O) groups is 1. The van der Waals surface area contributed by atoms with Gasteiger partial charge in [-0.25, -0.2) is 0 Å². The number of amides is 1. The Morgan fingerprint density at radius 2 is 1.83 bits per heavy atom. The zero-order valence-corrected chi connectivity index (χ0v) is 8.98. The lowest BCUT2D eigenvalue weighted by Gasteiger charge is -2.26. The lowest BCUT2D eigenvalue weighted by atomic mass is 9.86. The summed E-state index contributed by atoms with van der Waals surface area (Å²) in [6.07, 6.45) is 3.28. The smallest absolute Gasteiger partial charge is 0.227 e. The lowest BCUT2D eigenvalue weighted by Crippen LogP contribution is -2.35. The van der Waals surface area contributed by atoms with E-state index in [9.17, 15) is 4.79 Å². The fraction of sp³-hybridized carbons (Fsp3) is 0.900. The van der Waals surface area contributed by atoms with Gasteiger partial charge in [0.1, 0.15) is 0 Å². The van der Waals surface area contributed by atoms with E-state index in [-0.39, 0.29) is 11.3 Å². The molecule has 0 saturated carbocycles. The number of carbonyl (C=O) groups excluding carboxylic acids is 1. The fourth-order valence-corrected chi connectivity index (χ4v) is 1.33. The highest BCUT2D eigenvalue weighted by Gasteiger charge is 2.27. The minimum atomic E-state index is -0.181. The predicted molar refractivity (Wildman–Crippen MR) is 52.0 cm³/mol. The van der Waals surface area contributed by atoms with Gasteiger partial charge in [0, 0.05) is 19.5 Å². The highest BCUT2D eigenvalue weighted by molar-refractivity contribution is 5.81. The molecule has 1 amide bonds. The molecule has 12 heavy (non-hydrogen) atoms. The Labute approximate surface area is 75.9 Å².